The second kappa shape index (κ2) is 7.06. The first kappa shape index (κ1) is 16.0. The molecule has 1 aliphatic heterocycles. The largest absolute Gasteiger partial charge is 0.339 e. The first-order valence-corrected chi connectivity index (χ1v) is 7.35. The number of benzene rings is 1. The molecule has 1 N–H and O–H groups in total. The number of hydrogen-bond donors (Lipinski definition) is 1. The van der Waals surface area contributed by atoms with Crippen LogP contribution in [0.4, 0.5) is 5.69 Å². The highest BCUT2D eigenvalue weighted by Gasteiger charge is 2.22. The van der Waals surface area contributed by atoms with Crippen LogP contribution in [0.2, 0.25) is 0 Å². The molecule has 3 amide bonds. The molecule has 0 spiro atoms. The number of rotatable bonds is 3. The van der Waals surface area contributed by atoms with Gasteiger partial charge in [-0.2, -0.15) is 0 Å². The van der Waals surface area contributed by atoms with Crippen molar-refractivity contribution in [2.75, 3.05) is 31.5 Å². The van der Waals surface area contributed by atoms with E-state index in [2.05, 4.69) is 5.32 Å². The van der Waals surface area contributed by atoms with Crippen LogP contribution in [-0.2, 0) is 20.8 Å². The molecular formula is C16H21N3O3. The Morgan fingerprint density at radius 1 is 0.955 bits per heavy atom. The summed E-state index contributed by atoms with van der Waals surface area (Å²) >= 11 is 0. The Morgan fingerprint density at radius 2 is 1.50 bits per heavy atom. The van der Waals surface area contributed by atoms with Gasteiger partial charge in [0.2, 0.25) is 17.7 Å². The fourth-order valence-corrected chi connectivity index (χ4v) is 2.47. The van der Waals surface area contributed by atoms with E-state index in [4.69, 9.17) is 0 Å². The molecule has 6 heteroatoms. The van der Waals surface area contributed by atoms with Gasteiger partial charge in [0.05, 0.1) is 6.42 Å². The van der Waals surface area contributed by atoms with Gasteiger partial charge >= 0.3 is 0 Å². The molecule has 2 rings (SSSR count). The van der Waals surface area contributed by atoms with Gasteiger partial charge in [-0.1, -0.05) is 12.1 Å². The maximum absolute atomic E-state index is 12.3. The summed E-state index contributed by atoms with van der Waals surface area (Å²) < 4.78 is 0. The Balaban J connectivity index is 1.87. The Bertz CT molecular complexity index is 561. The van der Waals surface area contributed by atoms with Gasteiger partial charge in [-0.25, -0.2) is 0 Å². The number of nitrogens with zero attached hydrogens (tertiary/aromatic N) is 2. The van der Waals surface area contributed by atoms with Crippen LogP contribution in [-0.4, -0.2) is 53.7 Å². The lowest BCUT2D eigenvalue weighted by atomic mass is 10.1. The Hall–Kier alpha value is -2.37. The molecule has 1 heterocycles. The molecule has 0 aliphatic carbocycles. The molecule has 0 radical (unpaired) electrons. The SMILES string of the molecule is CC(=O)Nc1ccc(CC(=O)N2CCN(C(C)=O)CC2)cc1. The topological polar surface area (TPSA) is 69.7 Å². The molecule has 22 heavy (non-hydrogen) atoms. The third kappa shape index (κ3) is 4.31. The van der Waals surface area contributed by atoms with Gasteiger partial charge < -0.3 is 15.1 Å². The molecule has 118 valence electrons. The van der Waals surface area contributed by atoms with Gasteiger partial charge in [0.15, 0.2) is 0 Å². The summed E-state index contributed by atoms with van der Waals surface area (Å²) in [6.45, 7) is 5.38. The molecule has 0 saturated carbocycles. The molecule has 1 aliphatic rings. The van der Waals surface area contributed by atoms with Crippen LogP contribution in [0.5, 0.6) is 0 Å². The van der Waals surface area contributed by atoms with Crippen LogP contribution >= 0.6 is 0 Å². The number of hydrogen-bond acceptors (Lipinski definition) is 3. The summed E-state index contributed by atoms with van der Waals surface area (Å²) in [6.07, 6.45) is 0.334. The minimum absolute atomic E-state index is 0.0562. The number of carbonyl (C=O) groups is 3. The molecule has 0 atom stereocenters. The van der Waals surface area contributed by atoms with Gasteiger partial charge in [-0.3, -0.25) is 14.4 Å². The predicted octanol–water partition coefficient (Wildman–Crippen LogP) is 0.878. The van der Waals surface area contributed by atoms with Crippen molar-refractivity contribution in [1.82, 2.24) is 9.80 Å². The summed E-state index contributed by atoms with van der Waals surface area (Å²) in [4.78, 5) is 38.0. The Labute approximate surface area is 130 Å². The monoisotopic (exact) mass is 303 g/mol. The Morgan fingerprint density at radius 3 is 2.00 bits per heavy atom. The first-order valence-electron chi connectivity index (χ1n) is 7.35. The number of amides is 3. The van der Waals surface area contributed by atoms with Crippen molar-refractivity contribution in [2.24, 2.45) is 0 Å². The van der Waals surface area contributed by atoms with Crippen molar-refractivity contribution in [1.29, 1.82) is 0 Å². The lowest BCUT2D eigenvalue weighted by Gasteiger charge is -2.34. The zero-order valence-electron chi connectivity index (χ0n) is 13.0. The van der Waals surface area contributed by atoms with E-state index >= 15 is 0 Å². The number of anilines is 1. The van der Waals surface area contributed by atoms with Gasteiger partial charge in [0.1, 0.15) is 0 Å². The molecule has 1 aromatic carbocycles. The van der Waals surface area contributed by atoms with Crippen LogP contribution < -0.4 is 5.32 Å². The van der Waals surface area contributed by atoms with Crippen LogP contribution in [0.3, 0.4) is 0 Å². The van der Waals surface area contributed by atoms with Crippen molar-refractivity contribution in [3.63, 3.8) is 0 Å². The van der Waals surface area contributed by atoms with E-state index in [-0.39, 0.29) is 17.7 Å². The summed E-state index contributed by atoms with van der Waals surface area (Å²) in [7, 11) is 0. The van der Waals surface area contributed by atoms with E-state index in [0.717, 1.165) is 11.3 Å². The van der Waals surface area contributed by atoms with Crippen molar-refractivity contribution >= 4 is 23.4 Å². The van der Waals surface area contributed by atoms with Gasteiger partial charge in [-0.05, 0) is 17.7 Å². The maximum atomic E-state index is 12.3. The van der Waals surface area contributed by atoms with Gasteiger partial charge in [0, 0.05) is 45.7 Å². The second-order valence-corrected chi connectivity index (χ2v) is 5.44. The average Bonchev–Trinajstić information content (AvgIpc) is 2.49. The molecule has 1 saturated heterocycles. The average molecular weight is 303 g/mol. The quantitative estimate of drug-likeness (QED) is 0.901. The fraction of sp³-hybridized carbons (Fsp3) is 0.438. The summed E-state index contributed by atoms with van der Waals surface area (Å²) in [5.41, 5.74) is 1.63. The van der Waals surface area contributed by atoms with Crippen molar-refractivity contribution in [3.05, 3.63) is 29.8 Å². The number of piperazine rings is 1. The summed E-state index contributed by atoms with van der Waals surface area (Å²) in [5, 5.41) is 2.69. The number of carbonyl (C=O) groups excluding carboxylic acids is 3. The lowest BCUT2D eigenvalue weighted by Crippen LogP contribution is -2.50. The molecular weight excluding hydrogens is 282 g/mol. The van der Waals surface area contributed by atoms with E-state index < -0.39 is 0 Å². The molecule has 0 unspecified atom stereocenters. The van der Waals surface area contributed by atoms with Crippen LogP contribution in [0.15, 0.2) is 24.3 Å². The van der Waals surface area contributed by atoms with E-state index in [1.54, 1.807) is 28.9 Å². The van der Waals surface area contributed by atoms with Crippen LogP contribution in [0.25, 0.3) is 0 Å². The summed E-state index contributed by atoms with van der Waals surface area (Å²) in [5.74, 6) is 0.00306. The third-order valence-electron chi connectivity index (χ3n) is 3.71. The van der Waals surface area contributed by atoms with Crippen molar-refractivity contribution < 1.29 is 14.4 Å². The fourth-order valence-electron chi connectivity index (χ4n) is 2.47. The van der Waals surface area contributed by atoms with Gasteiger partial charge in [-0.15, -0.1) is 0 Å². The van der Waals surface area contributed by atoms with E-state index in [1.165, 1.54) is 6.92 Å². The van der Waals surface area contributed by atoms with E-state index in [9.17, 15) is 14.4 Å². The third-order valence-corrected chi connectivity index (χ3v) is 3.71. The van der Waals surface area contributed by atoms with Gasteiger partial charge in [0.25, 0.3) is 0 Å². The normalized spacial score (nSPS) is 14.6. The Kier molecular flexibility index (Phi) is 5.14. The van der Waals surface area contributed by atoms with Crippen molar-refractivity contribution in [2.45, 2.75) is 20.3 Å². The second-order valence-electron chi connectivity index (χ2n) is 5.44. The maximum Gasteiger partial charge on any atom is 0.227 e. The van der Waals surface area contributed by atoms with E-state index in [0.29, 0.717) is 32.6 Å². The minimum atomic E-state index is -0.118. The standard InChI is InChI=1S/C16H21N3O3/c1-12(20)17-15-5-3-14(4-6-15)11-16(22)19-9-7-18(8-10-19)13(2)21/h3-6H,7-11H2,1-2H3,(H,17,20). The highest BCUT2D eigenvalue weighted by Crippen LogP contribution is 2.12. The highest BCUT2D eigenvalue weighted by molar-refractivity contribution is 5.88. The molecule has 6 nitrogen and oxygen atoms in total. The first-order chi connectivity index (χ1) is 10.5. The van der Waals surface area contributed by atoms with Crippen molar-refractivity contribution in [3.8, 4) is 0 Å². The van der Waals surface area contributed by atoms with Crippen LogP contribution in [0, 0.1) is 0 Å². The van der Waals surface area contributed by atoms with Crippen LogP contribution in [0.1, 0.15) is 19.4 Å². The van der Waals surface area contributed by atoms with E-state index in [1.807, 2.05) is 12.1 Å². The molecule has 1 fully saturated rings. The minimum Gasteiger partial charge on any atom is -0.339 e. The zero-order chi connectivity index (χ0) is 16.1. The highest BCUT2D eigenvalue weighted by atomic mass is 16.2. The molecule has 1 aromatic rings. The molecule has 0 aromatic heterocycles. The predicted molar refractivity (Wildman–Crippen MR) is 83.3 cm³/mol. The lowest BCUT2D eigenvalue weighted by molar-refractivity contribution is -0.138. The summed E-state index contributed by atoms with van der Waals surface area (Å²) in [6, 6.07) is 7.26. The smallest absolute Gasteiger partial charge is 0.227 e. The zero-order valence-corrected chi connectivity index (χ0v) is 13.0. The number of nitrogens with one attached hydrogen (secondary N) is 1. The molecule has 0 bridgehead atoms.